The van der Waals surface area contributed by atoms with Gasteiger partial charge in [-0.2, -0.15) is 0 Å². The maximum absolute atomic E-state index is 13.3. The van der Waals surface area contributed by atoms with Crippen molar-refractivity contribution >= 4 is 39.3 Å². The minimum absolute atomic E-state index is 0.101. The zero-order valence-electron chi connectivity index (χ0n) is 18.0. The molecular formula is C22H28N2O6S2. The molecule has 1 aliphatic carbocycles. The van der Waals surface area contributed by atoms with E-state index in [0.717, 1.165) is 29.1 Å². The van der Waals surface area contributed by atoms with Gasteiger partial charge in [0.25, 0.3) is 5.91 Å². The van der Waals surface area contributed by atoms with Crippen LogP contribution < -0.4 is 4.90 Å². The molecule has 2 fully saturated rings. The highest BCUT2D eigenvalue weighted by molar-refractivity contribution is 8.77. The van der Waals surface area contributed by atoms with Gasteiger partial charge in [0.2, 0.25) is 0 Å². The normalized spacial score (nSPS) is 23.6. The van der Waals surface area contributed by atoms with Crippen LogP contribution in [0, 0.1) is 0 Å². The van der Waals surface area contributed by atoms with Gasteiger partial charge in [0.1, 0.15) is 6.61 Å². The Bertz CT molecular complexity index is 935. The van der Waals surface area contributed by atoms with Crippen molar-refractivity contribution in [3.63, 3.8) is 0 Å². The molecule has 2 heterocycles. The van der Waals surface area contributed by atoms with Crippen LogP contribution in [0.4, 0.5) is 10.5 Å². The first-order valence-corrected chi connectivity index (χ1v) is 13.0. The Labute approximate surface area is 195 Å². The van der Waals surface area contributed by atoms with Crippen molar-refractivity contribution in [1.29, 1.82) is 0 Å². The van der Waals surface area contributed by atoms with Gasteiger partial charge in [-0.15, -0.1) is 0 Å². The third-order valence-corrected chi connectivity index (χ3v) is 9.48. The summed E-state index contributed by atoms with van der Waals surface area (Å²) >= 11 is 0. The van der Waals surface area contributed by atoms with E-state index in [2.05, 4.69) is 13.5 Å². The van der Waals surface area contributed by atoms with E-state index in [1.807, 2.05) is 0 Å². The molecule has 2 atom stereocenters. The number of hydrogen-bond donors (Lipinski definition) is 3. The van der Waals surface area contributed by atoms with Crippen molar-refractivity contribution in [2.24, 2.45) is 0 Å². The Balaban J connectivity index is 1.70. The first kappa shape index (κ1) is 23.4. The SMILES string of the molecule is C=C1C[C@H]2C(O)N(C(=O)OCC3(SSCC)CC3)c3cc(CO)c(CO)cc3C(=O)N2C1. The van der Waals surface area contributed by atoms with Crippen LogP contribution in [0.15, 0.2) is 24.3 Å². The second kappa shape index (κ2) is 9.26. The zero-order valence-corrected chi connectivity index (χ0v) is 19.6. The van der Waals surface area contributed by atoms with Crippen molar-refractivity contribution in [3.05, 3.63) is 41.0 Å². The van der Waals surface area contributed by atoms with Gasteiger partial charge in [-0.3, -0.25) is 4.79 Å². The maximum Gasteiger partial charge on any atom is 0.416 e. The first-order valence-electron chi connectivity index (χ1n) is 10.6. The average molecular weight is 481 g/mol. The first-order chi connectivity index (χ1) is 15.3. The molecule has 3 aliphatic rings. The third kappa shape index (κ3) is 4.26. The summed E-state index contributed by atoms with van der Waals surface area (Å²) < 4.78 is 5.56. The average Bonchev–Trinajstić information content (AvgIpc) is 3.47. The summed E-state index contributed by atoms with van der Waals surface area (Å²) in [6, 6.07) is 2.31. The molecule has 1 aromatic rings. The minimum Gasteiger partial charge on any atom is -0.448 e. The number of amides is 2. The van der Waals surface area contributed by atoms with Gasteiger partial charge in [-0.1, -0.05) is 40.7 Å². The number of hydrogen-bond acceptors (Lipinski definition) is 8. The lowest BCUT2D eigenvalue weighted by molar-refractivity contribution is 0.0489. The van der Waals surface area contributed by atoms with E-state index in [0.29, 0.717) is 17.5 Å². The summed E-state index contributed by atoms with van der Waals surface area (Å²) in [5, 5.41) is 30.7. The van der Waals surface area contributed by atoms with Crippen molar-refractivity contribution < 1.29 is 29.6 Å². The highest BCUT2D eigenvalue weighted by atomic mass is 33.1. The summed E-state index contributed by atoms with van der Waals surface area (Å²) in [6.07, 6.45) is 0.226. The molecule has 3 N–H and O–H groups in total. The van der Waals surface area contributed by atoms with E-state index >= 15 is 0 Å². The Kier molecular flexibility index (Phi) is 6.78. The number of rotatable bonds is 7. The number of anilines is 1. The number of carbonyl (C=O) groups is 2. The molecular weight excluding hydrogens is 452 g/mol. The summed E-state index contributed by atoms with van der Waals surface area (Å²) in [5.74, 6) is 0.602. The summed E-state index contributed by atoms with van der Waals surface area (Å²) in [4.78, 5) is 29.2. The highest BCUT2D eigenvalue weighted by Gasteiger charge is 2.48. The van der Waals surface area contributed by atoms with E-state index in [9.17, 15) is 24.9 Å². The quantitative estimate of drug-likeness (QED) is 0.404. The number of aliphatic hydroxyl groups excluding tert-OH is 3. The summed E-state index contributed by atoms with van der Waals surface area (Å²) in [7, 11) is 3.45. The lowest BCUT2D eigenvalue weighted by Gasteiger charge is -2.32. The number of nitrogens with zero attached hydrogens (tertiary/aromatic N) is 2. The van der Waals surface area contributed by atoms with E-state index in [4.69, 9.17) is 4.74 Å². The monoisotopic (exact) mass is 480 g/mol. The molecule has 8 nitrogen and oxygen atoms in total. The van der Waals surface area contributed by atoms with Crippen LogP contribution in [0.5, 0.6) is 0 Å². The van der Waals surface area contributed by atoms with Crippen LogP contribution in [0.25, 0.3) is 0 Å². The Hall–Kier alpha value is -1.72. The fourth-order valence-corrected chi connectivity index (χ4v) is 6.66. The van der Waals surface area contributed by atoms with Crippen LogP contribution in [0.2, 0.25) is 0 Å². The van der Waals surface area contributed by atoms with E-state index in [1.54, 1.807) is 21.6 Å². The Morgan fingerprint density at radius 1 is 1.28 bits per heavy atom. The van der Waals surface area contributed by atoms with Crippen molar-refractivity contribution in [1.82, 2.24) is 4.90 Å². The molecule has 1 unspecified atom stereocenters. The van der Waals surface area contributed by atoms with Gasteiger partial charge in [0, 0.05) is 12.3 Å². The van der Waals surface area contributed by atoms with Gasteiger partial charge in [-0.25, -0.2) is 9.69 Å². The van der Waals surface area contributed by atoms with E-state index in [-0.39, 0.29) is 48.3 Å². The molecule has 1 saturated heterocycles. The second-order valence-electron chi connectivity index (χ2n) is 8.42. The van der Waals surface area contributed by atoms with Gasteiger partial charge < -0.3 is 25.0 Å². The van der Waals surface area contributed by atoms with Crippen LogP contribution in [-0.4, -0.2) is 68.1 Å². The van der Waals surface area contributed by atoms with Gasteiger partial charge in [0.15, 0.2) is 6.23 Å². The molecule has 2 amide bonds. The number of ether oxygens (including phenoxy) is 1. The van der Waals surface area contributed by atoms with Gasteiger partial charge in [0.05, 0.1) is 35.3 Å². The predicted octanol–water partition coefficient (Wildman–Crippen LogP) is 2.65. The molecule has 10 heteroatoms. The second-order valence-corrected chi connectivity index (χ2v) is 11.5. The number of benzene rings is 1. The number of aliphatic hydroxyl groups is 3. The van der Waals surface area contributed by atoms with Crippen molar-refractivity contribution in [2.45, 2.75) is 56.4 Å². The molecule has 4 rings (SSSR count). The molecule has 1 aromatic carbocycles. The maximum atomic E-state index is 13.3. The molecule has 0 aromatic heterocycles. The van der Waals surface area contributed by atoms with E-state index in [1.165, 1.54) is 17.0 Å². The number of carbonyl (C=O) groups excluding carboxylic acids is 2. The summed E-state index contributed by atoms with van der Waals surface area (Å²) in [5.41, 5.74) is 1.91. The lowest BCUT2D eigenvalue weighted by atomic mass is 10.0. The van der Waals surface area contributed by atoms with Crippen molar-refractivity contribution in [3.8, 4) is 0 Å². The van der Waals surface area contributed by atoms with Gasteiger partial charge >= 0.3 is 6.09 Å². The molecule has 0 radical (unpaired) electrons. The standard InChI is InChI=1S/C22H28N2O6S2/c1-3-31-32-22(4-5-22)12-30-21(29)24-17-8-15(11-26)14(10-25)7-16(17)19(27)23-9-13(2)6-18(23)20(24)28/h7-8,18,20,25-26,28H,2-6,9-12H2,1H3/t18-,20?/m0/s1. The predicted molar refractivity (Wildman–Crippen MR) is 124 cm³/mol. The van der Waals surface area contributed by atoms with Crippen LogP contribution in [-0.2, 0) is 18.0 Å². The van der Waals surface area contributed by atoms with E-state index < -0.39 is 18.4 Å². The fourth-order valence-electron chi connectivity index (χ4n) is 4.17. The van der Waals surface area contributed by atoms with Crippen LogP contribution in [0.3, 0.4) is 0 Å². The summed E-state index contributed by atoms with van der Waals surface area (Å²) in [6.45, 7) is 5.78. The largest absolute Gasteiger partial charge is 0.448 e. The molecule has 2 aliphatic heterocycles. The Morgan fingerprint density at radius 2 is 1.97 bits per heavy atom. The molecule has 174 valence electrons. The number of fused-ring (bicyclic) bond motifs is 2. The topological polar surface area (TPSA) is 111 Å². The minimum atomic E-state index is -1.33. The molecule has 0 spiro atoms. The smallest absolute Gasteiger partial charge is 0.416 e. The molecule has 1 saturated carbocycles. The highest BCUT2D eigenvalue weighted by Crippen LogP contribution is 2.53. The zero-order chi connectivity index (χ0) is 23.0. The fraction of sp³-hybridized carbons (Fsp3) is 0.545. The third-order valence-electron chi connectivity index (χ3n) is 6.13. The molecule has 32 heavy (non-hydrogen) atoms. The van der Waals surface area contributed by atoms with Gasteiger partial charge in [-0.05, 0) is 42.5 Å². The van der Waals surface area contributed by atoms with Crippen molar-refractivity contribution in [2.75, 3.05) is 23.8 Å². The van der Waals surface area contributed by atoms with Crippen LogP contribution >= 0.6 is 21.6 Å². The Morgan fingerprint density at radius 3 is 2.59 bits per heavy atom. The molecule has 0 bridgehead atoms. The lowest BCUT2D eigenvalue weighted by Crippen LogP contribution is -2.51. The van der Waals surface area contributed by atoms with Crippen LogP contribution in [0.1, 0.15) is 47.7 Å².